The lowest BCUT2D eigenvalue weighted by atomic mass is 10.2. The Kier molecular flexibility index (Phi) is 18.9. The molecular weight excluding hydrogens is 752 g/mol. The molecule has 300 valence electrons. The van der Waals surface area contributed by atoms with Crippen molar-refractivity contribution in [2.75, 3.05) is 66.0 Å². The highest BCUT2D eigenvalue weighted by Gasteiger charge is 2.32. The third-order valence-electron chi connectivity index (χ3n) is 7.19. The molecule has 1 aromatic heterocycles. The van der Waals surface area contributed by atoms with E-state index in [0.29, 0.717) is 17.9 Å². The molecule has 1 aliphatic rings. The Labute approximate surface area is 315 Å². The number of hydroxylamine groups is 2. The smallest absolute Gasteiger partial charge is 0.358 e. The van der Waals surface area contributed by atoms with E-state index in [4.69, 9.17) is 28.8 Å². The lowest BCUT2D eigenvalue weighted by Crippen LogP contribution is -2.33. The fourth-order valence-corrected chi connectivity index (χ4v) is 5.65. The summed E-state index contributed by atoms with van der Waals surface area (Å²) in [5.74, 6) is -4.60. The number of imide groups is 1. The van der Waals surface area contributed by atoms with Crippen molar-refractivity contribution in [3.05, 3.63) is 48.0 Å². The Morgan fingerprint density at radius 2 is 1.31 bits per heavy atom. The van der Waals surface area contributed by atoms with Crippen LogP contribution in [0.25, 0.3) is 0 Å². The molecule has 1 aliphatic heterocycles. The molecule has 0 aliphatic carbocycles. The number of Topliss-reactive ketones (excluding diaryl/α,β-unsaturated/α-hetero) is 2. The highest BCUT2D eigenvalue weighted by molar-refractivity contribution is 7.90. The summed E-state index contributed by atoms with van der Waals surface area (Å²) in [5, 5.41) is 11.6. The summed E-state index contributed by atoms with van der Waals surface area (Å²) in [6.07, 6.45) is 3.53. The molecule has 2 heterocycles. The fourth-order valence-electron chi connectivity index (χ4n) is 4.44. The number of hydrogen-bond acceptors (Lipinski definition) is 17. The highest BCUT2D eigenvalue weighted by Crippen LogP contribution is 2.19. The first-order valence-corrected chi connectivity index (χ1v) is 18.7. The molecule has 0 spiro atoms. The van der Waals surface area contributed by atoms with E-state index in [1.54, 1.807) is 0 Å². The molecule has 20 nitrogen and oxygen atoms in total. The van der Waals surface area contributed by atoms with E-state index in [2.05, 4.69) is 20.1 Å². The lowest BCUT2D eigenvalue weighted by Gasteiger charge is -2.12. The number of carboxylic acids is 1. The second-order valence-corrected chi connectivity index (χ2v) is 13.6. The normalized spacial score (nSPS) is 12.8. The Morgan fingerprint density at radius 3 is 1.91 bits per heavy atom. The van der Waals surface area contributed by atoms with Gasteiger partial charge in [0.25, 0.3) is 17.7 Å². The van der Waals surface area contributed by atoms with E-state index in [1.807, 2.05) is 0 Å². The topological polar surface area (TPSA) is 270 Å². The van der Waals surface area contributed by atoms with Gasteiger partial charge in [-0.25, -0.2) is 28.0 Å². The molecule has 2 aromatic rings. The number of carboxylic acid groups (broad SMARTS) is 1. The van der Waals surface area contributed by atoms with Crippen molar-refractivity contribution in [3.8, 4) is 5.75 Å². The molecule has 0 unspecified atom stereocenters. The van der Waals surface area contributed by atoms with Gasteiger partial charge in [0.15, 0.2) is 28.0 Å². The molecule has 1 aromatic carbocycles. The Hall–Kier alpha value is -5.22. The van der Waals surface area contributed by atoms with Gasteiger partial charge in [0.1, 0.15) is 30.5 Å². The van der Waals surface area contributed by atoms with Crippen molar-refractivity contribution in [1.82, 2.24) is 20.3 Å². The summed E-state index contributed by atoms with van der Waals surface area (Å²) >= 11 is 0. The van der Waals surface area contributed by atoms with E-state index in [9.17, 15) is 42.0 Å². The van der Waals surface area contributed by atoms with Gasteiger partial charge in [-0.15, -0.1) is 5.06 Å². The summed E-state index contributed by atoms with van der Waals surface area (Å²) in [4.78, 5) is 94.0. The molecule has 3 rings (SSSR count). The van der Waals surface area contributed by atoms with Crippen molar-refractivity contribution < 1.29 is 75.6 Å². The Balaban J connectivity index is 1.14. The summed E-state index contributed by atoms with van der Waals surface area (Å²) in [5.41, 5.74) is 0.0305. The predicted molar refractivity (Wildman–Crippen MR) is 184 cm³/mol. The van der Waals surface area contributed by atoms with E-state index in [0.717, 1.165) is 12.4 Å². The summed E-state index contributed by atoms with van der Waals surface area (Å²) in [7, 11) is -3.85. The number of carbonyl (C=O) groups excluding carboxylic acids is 6. The third kappa shape index (κ3) is 17.2. The number of carbonyl (C=O) groups is 7. The van der Waals surface area contributed by atoms with E-state index < -0.39 is 58.5 Å². The molecule has 55 heavy (non-hydrogen) atoms. The van der Waals surface area contributed by atoms with Crippen LogP contribution in [0.2, 0.25) is 0 Å². The van der Waals surface area contributed by atoms with Gasteiger partial charge in [-0.1, -0.05) is 0 Å². The zero-order valence-corrected chi connectivity index (χ0v) is 30.6. The monoisotopic (exact) mass is 794 g/mol. The molecule has 0 bridgehead atoms. The number of ketones is 2. The van der Waals surface area contributed by atoms with Crippen LogP contribution in [0.1, 0.15) is 54.7 Å². The quantitative estimate of drug-likeness (QED) is 0.0848. The average Bonchev–Trinajstić information content (AvgIpc) is 3.47. The van der Waals surface area contributed by atoms with Gasteiger partial charge in [0.2, 0.25) is 0 Å². The van der Waals surface area contributed by atoms with Crippen LogP contribution in [0.5, 0.6) is 5.75 Å². The number of aliphatic carboxylic acids is 1. The average molecular weight is 795 g/mol. The zero-order chi connectivity index (χ0) is 40.1. The molecule has 0 radical (unpaired) electrons. The minimum absolute atomic E-state index is 0.00166. The summed E-state index contributed by atoms with van der Waals surface area (Å²) < 4.78 is 51.5. The van der Waals surface area contributed by atoms with Crippen molar-refractivity contribution >= 4 is 51.1 Å². The first-order chi connectivity index (χ1) is 26.3. The number of aromatic nitrogens is 2. The number of hydrogen-bond donors (Lipinski definition) is 2. The zero-order valence-electron chi connectivity index (χ0n) is 29.8. The van der Waals surface area contributed by atoms with E-state index in [1.165, 1.54) is 24.3 Å². The molecule has 3 amide bonds. The van der Waals surface area contributed by atoms with E-state index in [-0.39, 0.29) is 112 Å². The Morgan fingerprint density at radius 1 is 0.745 bits per heavy atom. The fraction of sp³-hybridized carbons (Fsp3) is 0.500. The number of rotatable bonds is 28. The van der Waals surface area contributed by atoms with Crippen LogP contribution in [0.3, 0.4) is 0 Å². The van der Waals surface area contributed by atoms with Crippen LogP contribution in [-0.2, 0) is 68.1 Å². The van der Waals surface area contributed by atoms with Crippen LogP contribution in [0.15, 0.2) is 41.6 Å². The maximum absolute atomic E-state index is 12.7. The first kappa shape index (κ1) is 44.2. The second kappa shape index (κ2) is 23.5. The summed E-state index contributed by atoms with van der Waals surface area (Å²) in [6.45, 7) is -0.182. The third-order valence-corrected chi connectivity index (χ3v) is 8.82. The van der Waals surface area contributed by atoms with Crippen LogP contribution in [0, 0.1) is 0 Å². The van der Waals surface area contributed by atoms with Crippen molar-refractivity contribution in [3.63, 3.8) is 0 Å². The highest BCUT2D eigenvalue weighted by atomic mass is 32.2. The van der Waals surface area contributed by atoms with E-state index >= 15 is 0 Å². The first-order valence-electron chi connectivity index (χ1n) is 17.0. The van der Waals surface area contributed by atoms with Crippen LogP contribution in [0.4, 0.5) is 0 Å². The largest absolute Gasteiger partial charge is 0.482 e. The second-order valence-electron chi connectivity index (χ2n) is 11.6. The maximum atomic E-state index is 12.7. The standard InChI is InChI=1S/C34H42N4O16S/c39-25(19-37-34(46)24-17-35-29(36-18-24)23-55(47,48)28-7-5-27(6-8-28)53-21-32(43)44)3-1-11-49-13-15-51-20-26(40)4-2-12-50-14-16-52-22-33(45)54-38-30(41)9-10-31(38)42/h5-8,17-18H,1-4,9-16,19-23H2,(H,37,46)(H,43,44). The van der Waals surface area contributed by atoms with Gasteiger partial charge >= 0.3 is 11.9 Å². The van der Waals surface area contributed by atoms with Crippen molar-refractivity contribution in [2.24, 2.45) is 0 Å². The Bertz CT molecular complexity index is 1720. The maximum Gasteiger partial charge on any atom is 0.358 e. The number of ether oxygens (including phenoxy) is 5. The molecule has 0 atom stereocenters. The minimum atomic E-state index is -3.85. The van der Waals surface area contributed by atoms with Gasteiger partial charge in [-0.05, 0) is 37.1 Å². The van der Waals surface area contributed by atoms with Gasteiger partial charge in [-0.2, -0.15) is 0 Å². The molecule has 2 N–H and O–H groups in total. The number of nitrogens with zero attached hydrogens (tertiary/aromatic N) is 3. The van der Waals surface area contributed by atoms with Crippen molar-refractivity contribution in [1.29, 1.82) is 0 Å². The lowest BCUT2D eigenvalue weighted by molar-refractivity contribution is -0.200. The van der Waals surface area contributed by atoms with Gasteiger partial charge in [-0.3, -0.25) is 24.0 Å². The van der Waals surface area contributed by atoms with Crippen molar-refractivity contribution in [2.45, 2.75) is 49.2 Å². The van der Waals surface area contributed by atoms with Gasteiger partial charge < -0.3 is 38.9 Å². The molecular formula is C34H42N4O16S. The summed E-state index contributed by atoms with van der Waals surface area (Å²) in [6, 6.07) is 5.19. The molecule has 1 fully saturated rings. The molecule has 1 saturated heterocycles. The number of nitrogens with one attached hydrogen (secondary N) is 1. The SMILES string of the molecule is O=C(O)COc1ccc(S(=O)(=O)Cc2ncc(C(=O)NCC(=O)CCCOCCOCC(=O)CCCOCCOCC(=O)ON3C(=O)CCC3=O)cn2)cc1. The van der Waals surface area contributed by atoms with Crippen LogP contribution in [-0.4, -0.2) is 136 Å². The number of benzene rings is 1. The van der Waals surface area contributed by atoms with Crippen LogP contribution < -0.4 is 10.1 Å². The molecule has 0 saturated carbocycles. The van der Waals surface area contributed by atoms with Gasteiger partial charge in [0, 0.05) is 51.3 Å². The minimum Gasteiger partial charge on any atom is -0.482 e. The predicted octanol–water partition coefficient (Wildman–Crippen LogP) is 0.0159. The molecule has 21 heteroatoms. The number of amides is 3. The number of sulfone groups is 1. The van der Waals surface area contributed by atoms with Crippen LogP contribution >= 0.6 is 0 Å². The van der Waals surface area contributed by atoms with Gasteiger partial charge in [0.05, 0.1) is 43.4 Å².